The lowest BCUT2D eigenvalue weighted by molar-refractivity contribution is 0.381. The van der Waals surface area contributed by atoms with E-state index in [4.69, 9.17) is 19.5 Å². The quantitative estimate of drug-likeness (QED) is 0.111. The van der Waals surface area contributed by atoms with E-state index in [0.29, 0.717) is 39.7 Å². The molecule has 0 radical (unpaired) electrons. The molecule has 0 unspecified atom stereocenters. The molecule has 4 aromatic heterocycles. The van der Waals surface area contributed by atoms with Crippen molar-refractivity contribution >= 4 is 48.6 Å². The van der Waals surface area contributed by atoms with Crippen LogP contribution in [0.2, 0.25) is 0 Å². The lowest BCUT2D eigenvalue weighted by atomic mass is 9.80. The zero-order valence-electron chi connectivity index (χ0n) is 42.0. The maximum absolute atomic E-state index is 15.3. The Balaban J connectivity index is 0.000000179. The Morgan fingerprint density at radius 3 is 1.50 bits per heavy atom. The van der Waals surface area contributed by atoms with Gasteiger partial charge in [-0.2, -0.15) is 29.0 Å². The molecule has 0 fully saturated rings. The van der Waals surface area contributed by atoms with Crippen molar-refractivity contribution in [2.45, 2.75) is 37.4 Å². The normalized spacial score (nSPS) is 13.4. The minimum atomic E-state index is -3.73. The number of pyridine rings is 2. The Morgan fingerprint density at radius 2 is 1.05 bits per heavy atom. The van der Waals surface area contributed by atoms with Crippen molar-refractivity contribution in [2.75, 3.05) is 27.3 Å². The second-order valence-electron chi connectivity index (χ2n) is 17.7. The second kappa shape index (κ2) is 24.8. The van der Waals surface area contributed by atoms with E-state index in [9.17, 15) is 48.4 Å². The van der Waals surface area contributed by atoms with Crippen LogP contribution in [0.5, 0.6) is 11.5 Å². The fourth-order valence-corrected chi connectivity index (χ4v) is 11.9. The Labute approximate surface area is 461 Å². The van der Waals surface area contributed by atoms with Gasteiger partial charge in [0.1, 0.15) is 34.6 Å². The molecule has 8 aromatic rings. The number of rotatable bonds is 12. The van der Waals surface area contributed by atoms with Gasteiger partial charge in [0.2, 0.25) is 20.0 Å². The largest absolute Gasteiger partial charge is 0.495 e. The van der Waals surface area contributed by atoms with Crippen LogP contribution in [0, 0.1) is 34.9 Å². The van der Waals surface area contributed by atoms with E-state index in [0.717, 1.165) is 36.4 Å². The molecule has 2 aliphatic rings. The summed E-state index contributed by atoms with van der Waals surface area (Å²) in [6.45, 7) is 0.382. The van der Waals surface area contributed by atoms with Crippen molar-refractivity contribution in [3.8, 4) is 34.0 Å². The molecule has 2 N–H and O–H groups in total. The topological polar surface area (TPSA) is 229 Å². The summed E-state index contributed by atoms with van der Waals surface area (Å²) in [7, 11) is -6.35. The molecular formula is C52H44BBrF6N8O10S2. The van der Waals surface area contributed by atoms with Crippen molar-refractivity contribution in [1.82, 2.24) is 38.1 Å². The summed E-state index contributed by atoms with van der Waals surface area (Å²) in [4.78, 5) is 25.7. The first kappa shape index (κ1) is 58.6. The van der Waals surface area contributed by atoms with Crippen molar-refractivity contribution < 1.29 is 62.7 Å². The van der Waals surface area contributed by atoms with Crippen molar-refractivity contribution in [1.29, 1.82) is 0 Å². The van der Waals surface area contributed by atoms with E-state index >= 15 is 4.39 Å². The first-order valence-corrected chi connectivity index (χ1v) is 27.7. The molecule has 0 amide bonds. The van der Waals surface area contributed by atoms with E-state index < -0.39 is 67.6 Å². The van der Waals surface area contributed by atoms with Gasteiger partial charge in [0.15, 0.2) is 23.3 Å². The Bertz CT molecular complexity index is 3970. The van der Waals surface area contributed by atoms with Crippen LogP contribution in [0.3, 0.4) is 0 Å². The van der Waals surface area contributed by atoms with Crippen LogP contribution in [0.25, 0.3) is 22.5 Å². The van der Waals surface area contributed by atoms with Gasteiger partial charge in [-0.25, -0.2) is 43.2 Å². The molecule has 10 rings (SSSR count). The summed E-state index contributed by atoms with van der Waals surface area (Å²) in [5.41, 5.74) is 2.59. The highest BCUT2D eigenvalue weighted by Crippen LogP contribution is 2.35. The van der Waals surface area contributed by atoms with Gasteiger partial charge in [-0.3, -0.25) is 18.7 Å². The zero-order chi connectivity index (χ0) is 57.6. The SMILES string of the molecule is COc1cc(-c2ccc(F)c(F)c2)c(F)cc1-n1c2c(ccc1=O)CN(S(=O)(=O)Cc1cccnn1)CC2.COc1cc(Br)c(F)cc1-n1c2c(ccc1=O)CN(S(=O)(=O)Cc1cccnn1)CC2.OB(O)c1ccc(F)c(F)c1. The molecule has 0 bridgehead atoms. The summed E-state index contributed by atoms with van der Waals surface area (Å²) < 4.78 is 149. The standard InChI is InChI=1S/C26H21F3N4O4S.C20H18BrFN4O4S.C6H5BF2O2/c1-37-25-12-19(16-4-6-20(27)22(29)11-16)21(28)13-24(25)33-23-8-10-32(14-17(23)5-7-26(33)34)38(35,36)15-18-3-2-9-30-31-18;1-30-19-9-15(21)16(22)10-18(19)26-17-6-8-25(11-13(17)4-5-20(26)27)31(28,29)12-14-3-2-7-23-24-14;8-5-2-1-4(7(10)11)3-6(5)9/h2-7,9,11-13H,8,10,14-15H2,1H3;2-5,7,9-10H,6,8,11-12H2,1H3;1-3,10-11H. The molecule has 416 valence electrons. The average molecular weight is 1210 g/mol. The Morgan fingerprint density at radius 1 is 0.575 bits per heavy atom. The minimum Gasteiger partial charge on any atom is -0.495 e. The third-order valence-electron chi connectivity index (χ3n) is 12.6. The van der Waals surface area contributed by atoms with E-state index in [1.807, 2.05) is 0 Å². The Hall–Kier alpha value is -7.60. The molecule has 4 aromatic carbocycles. The summed E-state index contributed by atoms with van der Waals surface area (Å²) in [5.74, 6) is -5.73. The van der Waals surface area contributed by atoms with Crippen LogP contribution in [0.1, 0.15) is 33.9 Å². The minimum absolute atomic E-state index is 0.00987. The van der Waals surface area contributed by atoms with E-state index in [1.54, 1.807) is 36.4 Å². The number of benzene rings is 4. The fraction of sp³-hybridized carbons (Fsp3) is 0.192. The maximum Gasteiger partial charge on any atom is 0.488 e. The van der Waals surface area contributed by atoms with Crippen molar-refractivity contribution in [3.05, 3.63) is 216 Å². The third-order valence-corrected chi connectivity index (χ3v) is 16.7. The van der Waals surface area contributed by atoms with Gasteiger partial charge < -0.3 is 19.5 Å². The van der Waals surface area contributed by atoms with Crippen LogP contribution < -0.4 is 26.1 Å². The predicted molar refractivity (Wildman–Crippen MR) is 284 cm³/mol. The molecule has 0 atom stereocenters. The zero-order valence-corrected chi connectivity index (χ0v) is 45.2. The van der Waals surface area contributed by atoms with Gasteiger partial charge >= 0.3 is 7.12 Å². The number of ether oxygens (including phenoxy) is 2. The average Bonchev–Trinajstić information content (AvgIpc) is 3.43. The molecule has 0 spiro atoms. The van der Waals surface area contributed by atoms with Crippen molar-refractivity contribution in [3.63, 3.8) is 0 Å². The maximum atomic E-state index is 15.3. The first-order valence-electron chi connectivity index (χ1n) is 23.7. The predicted octanol–water partition coefficient (Wildman–Crippen LogP) is 5.68. The smallest absolute Gasteiger partial charge is 0.488 e. The number of fused-ring (bicyclic) bond motifs is 2. The number of sulfonamides is 2. The van der Waals surface area contributed by atoms with Crippen LogP contribution in [0.4, 0.5) is 26.3 Å². The highest BCUT2D eigenvalue weighted by atomic mass is 79.9. The molecule has 0 aliphatic carbocycles. The fourth-order valence-electron chi connectivity index (χ4n) is 8.75. The summed E-state index contributed by atoms with van der Waals surface area (Å²) in [5, 5.41) is 32.1. The first-order chi connectivity index (χ1) is 38.1. The lowest BCUT2D eigenvalue weighted by Gasteiger charge is -2.30. The van der Waals surface area contributed by atoms with Gasteiger partial charge in [-0.1, -0.05) is 24.3 Å². The van der Waals surface area contributed by atoms with Crippen LogP contribution in [0.15, 0.2) is 136 Å². The van der Waals surface area contributed by atoms with Gasteiger partial charge in [-0.05, 0) is 98.7 Å². The Kier molecular flexibility index (Phi) is 18.2. The van der Waals surface area contributed by atoms with E-state index in [2.05, 4.69) is 36.3 Å². The van der Waals surface area contributed by atoms with Crippen LogP contribution >= 0.6 is 15.9 Å². The highest BCUT2D eigenvalue weighted by Gasteiger charge is 2.32. The number of aromatic nitrogens is 6. The third kappa shape index (κ3) is 13.2. The monoisotopic (exact) mass is 1210 g/mol. The molecule has 2 aliphatic heterocycles. The molecule has 80 heavy (non-hydrogen) atoms. The summed E-state index contributed by atoms with van der Waals surface area (Å²) in [6.07, 6.45) is 3.40. The lowest BCUT2D eigenvalue weighted by Crippen LogP contribution is -2.39. The summed E-state index contributed by atoms with van der Waals surface area (Å²) >= 11 is 3.12. The van der Waals surface area contributed by atoms with Crippen molar-refractivity contribution in [2.24, 2.45) is 0 Å². The second-order valence-corrected chi connectivity index (χ2v) is 22.5. The van der Waals surface area contributed by atoms with Gasteiger partial charge in [0, 0.05) is 92.6 Å². The molecular weight excluding hydrogens is 1170 g/mol. The van der Waals surface area contributed by atoms with E-state index in [1.165, 1.54) is 80.8 Å². The van der Waals surface area contributed by atoms with Gasteiger partial charge in [0.25, 0.3) is 11.1 Å². The van der Waals surface area contributed by atoms with E-state index in [-0.39, 0.29) is 94.3 Å². The molecule has 0 saturated carbocycles. The van der Waals surface area contributed by atoms with Gasteiger partial charge in [-0.15, -0.1) is 0 Å². The molecule has 18 nitrogen and oxygen atoms in total. The summed E-state index contributed by atoms with van der Waals surface area (Å²) in [6, 6.07) is 23.0. The number of nitrogens with zero attached hydrogens (tertiary/aromatic N) is 8. The molecule has 0 saturated heterocycles. The molecule has 28 heteroatoms. The number of hydrogen-bond acceptors (Lipinski definition) is 14. The molecule has 6 heterocycles. The number of halogens is 7. The van der Waals surface area contributed by atoms with Gasteiger partial charge in [0.05, 0.1) is 41.5 Å². The number of methoxy groups -OCH3 is 2. The number of hydrogen-bond donors (Lipinski definition) is 2. The highest BCUT2D eigenvalue weighted by molar-refractivity contribution is 9.10. The van der Waals surface area contributed by atoms with Crippen LogP contribution in [-0.2, 0) is 57.5 Å². The van der Waals surface area contributed by atoms with Crippen LogP contribution in [-0.4, -0.2) is 99.5 Å².